The molecule has 0 heterocycles. The van der Waals surface area contributed by atoms with E-state index in [0.29, 0.717) is 0 Å². The molecule has 0 saturated heterocycles. The Morgan fingerprint density at radius 1 is 1.42 bits per heavy atom. The summed E-state index contributed by atoms with van der Waals surface area (Å²) in [6.45, 7) is 1.97. The van der Waals surface area contributed by atoms with Gasteiger partial charge in [-0.3, -0.25) is 4.79 Å². The van der Waals surface area contributed by atoms with Crippen LogP contribution in [0.5, 0.6) is 0 Å². The second-order valence-corrected chi connectivity index (χ2v) is 5.20. The fraction of sp³-hybridized carbons (Fsp3) is 0.462. The van der Waals surface area contributed by atoms with Crippen LogP contribution in [0.3, 0.4) is 0 Å². The largest absolute Gasteiger partial charge is 0.398 e. The predicted molar refractivity (Wildman–Crippen MR) is 75.3 cm³/mol. The molecule has 106 valence electrons. The molecule has 6 heteroatoms. The van der Waals surface area contributed by atoms with Gasteiger partial charge in [-0.2, -0.15) is 11.8 Å². The van der Waals surface area contributed by atoms with Crippen molar-refractivity contribution >= 4 is 23.4 Å². The number of benzene rings is 1. The van der Waals surface area contributed by atoms with Crippen molar-refractivity contribution in [3.8, 4) is 0 Å². The summed E-state index contributed by atoms with van der Waals surface area (Å²) < 4.78 is 26.2. The van der Waals surface area contributed by atoms with Gasteiger partial charge in [0.15, 0.2) is 11.6 Å². The maximum atomic E-state index is 13.2. The lowest BCUT2D eigenvalue weighted by Gasteiger charge is -2.27. The smallest absolute Gasteiger partial charge is 0.256 e. The van der Waals surface area contributed by atoms with Gasteiger partial charge in [-0.05, 0) is 18.7 Å². The highest BCUT2D eigenvalue weighted by atomic mass is 32.2. The van der Waals surface area contributed by atoms with Crippen LogP contribution in [0, 0.1) is 11.6 Å². The molecule has 1 aromatic carbocycles. The highest BCUT2D eigenvalue weighted by molar-refractivity contribution is 7.98. The molecule has 0 bridgehead atoms. The number of nitrogens with two attached hydrogens (primary N) is 1. The van der Waals surface area contributed by atoms with Crippen molar-refractivity contribution in [3.05, 3.63) is 29.3 Å². The molecular weight excluding hydrogens is 270 g/mol. The van der Waals surface area contributed by atoms with Crippen molar-refractivity contribution in [2.75, 3.05) is 24.8 Å². The molecule has 0 radical (unpaired) electrons. The molecule has 1 unspecified atom stereocenters. The summed E-state index contributed by atoms with van der Waals surface area (Å²) in [5.41, 5.74) is 5.54. The number of hydrogen-bond donors (Lipinski definition) is 1. The van der Waals surface area contributed by atoms with Gasteiger partial charge in [0.25, 0.3) is 5.91 Å². The molecule has 0 fully saturated rings. The van der Waals surface area contributed by atoms with Gasteiger partial charge in [0.2, 0.25) is 0 Å². The summed E-state index contributed by atoms with van der Waals surface area (Å²) in [5.74, 6) is -1.73. The minimum absolute atomic E-state index is 0.000882. The highest BCUT2D eigenvalue weighted by Crippen LogP contribution is 2.20. The minimum atomic E-state index is -1.07. The van der Waals surface area contributed by atoms with Crippen molar-refractivity contribution in [2.24, 2.45) is 0 Å². The number of anilines is 1. The first kappa shape index (κ1) is 15.8. The van der Waals surface area contributed by atoms with Crippen LogP contribution < -0.4 is 5.73 Å². The first-order valence-corrected chi connectivity index (χ1v) is 7.32. The third kappa shape index (κ3) is 3.59. The van der Waals surface area contributed by atoms with E-state index in [1.807, 2.05) is 13.2 Å². The van der Waals surface area contributed by atoms with Crippen molar-refractivity contribution in [1.82, 2.24) is 4.90 Å². The fourth-order valence-corrected chi connectivity index (χ4v) is 2.64. The van der Waals surface area contributed by atoms with Crippen LogP contribution in [0.25, 0.3) is 0 Å². The maximum absolute atomic E-state index is 13.2. The highest BCUT2D eigenvalue weighted by Gasteiger charge is 2.22. The van der Waals surface area contributed by atoms with Gasteiger partial charge in [-0.25, -0.2) is 8.78 Å². The molecule has 2 N–H and O–H groups in total. The first-order chi connectivity index (χ1) is 8.92. The fourth-order valence-electron chi connectivity index (χ4n) is 1.80. The summed E-state index contributed by atoms with van der Waals surface area (Å²) in [7, 11) is 1.65. The average Bonchev–Trinajstić information content (AvgIpc) is 2.38. The van der Waals surface area contributed by atoms with E-state index in [1.54, 1.807) is 18.8 Å². The monoisotopic (exact) mass is 288 g/mol. The molecule has 0 aliphatic rings. The van der Waals surface area contributed by atoms with Crippen LogP contribution in [0.4, 0.5) is 14.5 Å². The van der Waals surface area contributed by atoms with Crippen LogP contribution in [0.2, 0.25) is 0 Å². The number of hydrogen-bond acceptors (Lipinski definition) is 3. The van der Waals surface area contributed by atoms with E-state index < -0.39 is 17.5 Å². The van der Waals surface area contributed by atoms with Crippen molar-refractivity contribution in [1.29, 1.82) is 0 Å². The third-order valence-electron chi connectivity index (χ3n) is 3.02. The van der Waals surface area contributed by atoms with Crippen LogP contribution >= 0.6 is 11.8 Å². The Bertz CT molecular complexity index is 468. The van der Waals surface area contributed by atoms with E-state index >= 15 is 0 Å². The molecule has 3 nitrogen and oxygen atoms in total. The summed E-state index contributed by atoms with van der Waals surface area (Å²) in [4.78, 5) is 13.8. The zero-order valence-electron chi connectivity index (χ0n) is 11.2. The molecule has 19 heavy (non-hydrogen) atoms. The second kappa shape index (κ2) is 6.75. The molecule has 0 aliphatic carbocycles. The lowest BCUT2D eigenvalue weighted by atomic mass is 10.1. The summed E-state index contributed by atoms with van der Waals surface area (Å²) >= 11 is 1.63. The van der Waals surface area contributed by atoms with Crippen molar-refractivity contribution in [2.45, 2.75) is 19.4 Å². The number of thioether (sulfide) groups is 1. The van der Waals surface area contributed by atoms with Crippen LogP contribution in [-0.4, -0.2) is 35.9 Å². The van der Waals surface area contributed by atoms with E-state index in [2.05, 4.69) is 0 Å². The average molecular weight is 288 g/mol. The number of nitrogens with zero attached hydrogens (tertiary/aromatic N) is 1. The maximum Gasteiger partial charge on any atom is 0.256 e. The predicted octanol–water partition coefficient (Wildman–Crippen LogP) is 2.76. The number of halogens is 2. The number of rotatable bonds is 5. The molecule has 1 rings (SSSR count). The molecular formula is C13H18F2N2OS. The Kier molecular flexibility index (Phi) is 5.60. The van der Waals surface area contributed by atoms with Crippen molar-refractivity contribution in [3.63, 3.8) is 0 Å². The van der Waals surface area contributed by atoms with E-state index in [1.165, 1.54) is 4.90 Å². The van der Waals surface area contributed by atoms with Gasteiger partial charge in [0.1, 0.15) is 0 Å². The van der Waals surface area contributed by atoms with Crippen LogP contribution in [0.15, 0.2) is 12.1 Å². The quantitative estimate of drug-likeness (QED) is 0.847. The van der Waals surface area contributed by atoms with Gasteiger partial charge in [0, 0.05) is 30.6 Å². The number of carbonyl (C=O) groups excluding carboxylic acids is 1. The number of carbonyl (C=O) groups is 1. The van der Waals surface area contributed by atoms with Crippen molar-refractivity contribution < 1.29 is 13.6 Å². The normalized spacial score (nSPS) is 12.3. The molecule has 0 saturated carbocycles. The Hall–Kier alpha value is -1.30. The standard InChI is InChI=1S/C13H18F2N2OS/c1-4-8(7-19-3)17(2)13(18)9-5-10(14)11(15)6-12(9)16/h5-6,8H,4,7,16H2,1-3H3. The van der Waals surface area contributed by atoms with E-state index in [-0.39, 0.29) is 17.3 Å². The Morgan fingerprint density at radius 3 is 2.53 bits per heavy atom. The van der Waals surface area contributed by atoms with Gasteiger partial charge >= 0.3 is 0 Å². The van der Waals surface area contributed by atoms with Crippen LogP contribution in [0.1, 0.15) is 23.7 Å². The SMILES string of the molecule is CCC(CSC)N(C)C(=O)c1cc(F)c(F)cc1N. The zero-order chi connectivity index (χ0) is 14.6. The first-order valence-electron chi connectivity index (χ1n) is 5.93. The van der Waals surface area contributed by atoms with Gasteiger partial charge in [-0.1, -0.05) is 6.92 Å². The van der Waals surface area contributed by atoms with Gasteiger partial charge in [-0.15, -0.1) is 0 Å². The Morgan fingerprint density at radius 2 is 2.00 bits per heavy atom. The molecule has 0 spiro atoms. The van der Waals surface area contributed by atoms with E-state index in [9.17, 15) is 13.6 Å². The minimum Gasteiger partial charge on any atom is -0.398 e. The third-order valence-corrected chi connectivity index (χ3v) is 3.74. The number of amides is 1. The molecule has 0 aromatic heterocycles. The summed E-state index contributed by atoms with van der Waals surface area (Å²) in [6.07, 6.45) is 2.74. The Balaban J connectivity index is 3.02. The van der Waals surface area contributed by atoms with Gasteiger partial charge in [0.05, 0.1) is 5.56 Å². The Labute approximate surface area is 116 Å². The number of nitrogen functional groups attached to an aromatic ring is 1. The molecule has 1 aromatic rings. The van der Waals surface area contributed by atoms with Crippen LogP contribution in [-0.2, 0) is 0 Å². The molecule has 0 aliphatic heterocycles. The zero-order valence-corrected chi connectivity index (χ0v) is 12.1. The molecule has 1 amide bonds. The summed E-state index contributed by atoms with van der Waals surface area (Å²) in [6, 6.07) is 1.73. The topological polar surface area (TPSA) is 46.3 Å². The lowest BCUT2D eigenvalue weighted by molar-refractivity contribution is 0.0744. The molecule has 1 atom stereocenters. The second-order valence-electron chi connectivity index (χ2n) is 4.29. The summed E-state index contributed by atoms with van der Waals surface area (Å²) in [5, 5.41) is 0. The van der Waals surface area contributed by atoms with Gasteiger partial charge < -0.3 is 10.6 Å². The van der Waals surface area contributed by atoms with E-state index in [0.717, 1.165) is 24.3 Å². The van der Waals surface area contributed by atoms with E-state index in [4.69, 9.17) is 5.73 Å². The lowest BCUT2D eigenvalue weighted by Crippen LogP contribution is -2.38.